The lowest BCUT2D eigenvalue weighted by molar-refractivity contribution is 0.264. The van der Waals surface area contributed by atoms with Gasteiger partial charge in [0.15, 0.2) is 0 Å². The minimum atomic E-state index is -3.48. The number of hydrogen-bond acceptors (Lipinski definition) is 4. The van der Waals surface area contributed by atoms with Crippen molar-refractivity contribution in [2.45, 2.75) is 35.6 Å². The van der Waals surface area contributed by atoms with Crippen molar-refractivity contribution < 1.29 is 8.42 Å². The molecule has 0 bridgehead atoms. The fourth-order valence-corrected chi connectivity index (χ4v) is 4.34. The first-order chi connectivity index (χ1) is 11.5. The van der Waals surface area contributed by atoms with Gasteiger partial charge < -0.3 is 10.2 Å². The van der Waals surface area contributed by atoms with Gasteiger partial charge in [-0.25, -0.2) is 8.42 Å². The van der Waals surface area contributed by atoms with Crippen molar-refractivity contribution in [3.05, 3.63) is 54.1 Å². The highest BCUT2D eigenvalue weighted by Gasteiger charge is 2.20. The lowest BCUT2D eigenvalue weighted by atomic mass is 10.0. The average molecular weight is 344 g/mol. The Hall–Kier alpha value is -1.85. The smallest absolute Gasteiger partial charge is 0.206 e. The molecule has 128 valence electrons. The van der Waals surface area contributed by atoms with Crippen molar-refractivity contribution in [3.63, 3.8) is 0 Å². The summed E-state index contributed by atoms with van der Waals surface area (Å²) in [5.74, 6) is 0. The molecule has 2 aromatic carbocycles. The second kappa shape index (κ2) is 6.95. The van der Waals surface area contributed by atoms with Gasteiger partial charge in [-0.15, -0.1) is 0 Å². The van der Waals surface area contributed by atoms with Crippen LogP contribution < -0.4 is 5.32 Å². The van der Waals surface area contributed by atoms with Crippen LogP contribution in [-0.2, 0) is 9.84 Å². The minimum absolute atomic E-state index is 0.332. The Bertz CT molecular complexity index is 795. The summed E-state index contributed by atoms with van der Waals surface area (Å²) >= 11 is 0. The zero-order valence-electron chi connectivity index (χ0n) is 14.2. The standard InChI is InChI=1S/C19H24N2O2S/c1-15-8-9-18(24(22,23)17-6-4-3-5-7-17)14-19(15)20-16-10-12-21(2)13-11-16/h3-9,14,16,20H,10-13H2,1-2H3. The number of nitrogens with zero attached hydrogens (tertiary/aromatic N) is 1. The van der Waals surface area contributed by atoms with Crippen molar-refractivity contribution >= 4 is 15.5 Å². The zero-order valence-corrected chi connectivity index (χ0v) is 15.0. The molecule has 3 rings (SSSR count). The fraction of sp³-hybridized carbons (Fsp3) is 0.368. The Morgan fingerprint density at radius 3 is 2.33 bits per heavy atom. The Labute approximate surface area is 144 Å². The summed E-state index contributed by atoms with van der Waals surface area (Å²) in [6, 6.07) is 14.3. The third kappa shape index (κ3) is 3.62. The van der Waals surface area contributed by atoms with Gasteiger partial charge in [0.05, 0.1) is 9.79 Å². The van der Waals surface area contributed by atoms with Crippen LogP contribution in [0.4, 0.5) is 5.69 Å². The summed E-state index contributed by atoms with van der Waals surface area (Å²) in [6.07, 6.45) is 2.15. The number of rotatable bonds is 4. The van der Waals surface area contributed by atoms with Crippen LogP contribution in [0.1, 0.15) is 18.4 Å². The molecule has 2 aromatic rings. The quantitative estimate of drug-likeness (QED) is 0.924. The molecule has 0 saturated carbocycles. The Balaban J connectivity index is 1.86. The molecule has 1 saturated heterocycles. The molecule has 1 N–H and O–H groups in total. The van der Waals surface area contributed by atoms with E-state index in [4.69, 9.17) is 0 Å². The third-order valence-electron chi connectivity index (χ3n) is 4.65. The Kier molecular flexibility index (Phi) is 4.92. The van der Waals surface area contributed by atoms with Crippen LogP contribution in [-0.4, -0.2) is 39.5 Å². The normalized spacial score (nSPS) is 16.9. The van der Waals surface area contributed by atoms with Crippen molar-refractivity contribution in [1.82, 2.24) is 4.90 Å². The van der Waals surface area contributed by atoms with Gasteiger partial charge in [-0.05, 0) is 69.7 Å². The van der Waals surface area contributed by atoms with E-state index < -0.39 is 9.84 Å². The van der Waals surface area contributed by atoms with E-state index in [1.807, 2.05) is 19.1 Å². The van der Waals surface area contributed by atoms with Gasteiger partial charge in [0.2, 0.25) is 9.84 Å². The molecular formula is C19H24N2O2S. The Morgan fingerprint density at radius 2 is 1.67 bits per heavy atom. The van der Waals surface area contributed by atoms with Crippen molar-refractivity contribution in [1.29, 1.82) is 0 Å². The second-order valence-corrected chi connectivity index (χ2v) is 8.46. The van der Waals surface area contributed by atoms with Gasteiger partial charge in [0, 0.05) is 11.7 Å². The van der Waals surface area contributed by atoms with Crippen LogP contribution in [0, 0.1) is 6.92 Å². The van der Waals surface area contributed by atoms with Crippen LogP contribution in [0.3, 0.4) is 0 Å². The van der Waals surface area contributed by atoms with E-state index in [1.165, 1.54) is 0 Å². The highest BCUT2D eigenvalue weighted by molar-refractivity contribution is 7.91. The maximum Gasteiger partial charge on any atom is 0.206 e. The summed E-state index contributed by atoms with van der Waals surface area (Å²) < 4.78 is 25.6. The zero-order chi connectivity index (χ0) is 17.2. The lowest BCUT2D eigenvalue weighted by Crippen LogP contribution is -2.36. The topological polar surface area (TPSA) is 49.4 Å². The molecular weight excluding hydrogens is 320 g/mol. The Morgan fingerprint density at radius 1 is 1.00 bits per heavy atom. The summed E-state index contributed by atoms with van der Waals surface area (Å²) in [4.78, 5) is 3.00. The molecule has 1 fully saturated rings. The predicted octanol–water partition coefficient (Wildman–Crippen LogP) is 3.33. The van der Waals surface area contributed by atoms with E-state index in [0.29, 0.717) is 15.8 Å². The third-order valence-corrected chi connectivity index (χ3v) is 6.42. The largest absolute Gasteiger partial charge is 0.382 e. The SMILES string of the molecule is Cc1ccc(S(=O)(=O)c2ccccc2)cc1NC1CCN(C)CC1. The molecule has 24 heavy (non-hydrogen) atoms. The van der Waals surface area contributed by atoms with Crippen molar-refractivity contribution in [2.75, 3.05) is 25.5 Å². The number of nitrogens with one attached hydrogen (secondary N) is 1. The first-order valence-corrected chi connectivity index (χ1v) is 9.81. The van der Waals surface area contributed by atoms with E-state index in [0.717, 1.165) is 37.2 Å². The molecule has 0 aliphatic carbocycles. The monoisotopic (exact) mass is 344 g/mol. The maximum atomic E-state index is 12.8. The first kappa shape index (κ1) is 17.0. The molecule has 5 heteroatoms. The minimum Gasteiger partial charge on any atom is -0.382 e. The van der Waals surface area contributed by atoms with Crippen LogP contribution in [0.5, 0.6) is 0 Å². The van der Waals surface area contributed by atoms with Gasteiger partial charge >= 0.3 is 0 Å². The van der Waals surface area contributed by atoms with Gasteiger partial charge in [-0.2, -0.15) is 0 Å². The molecule has 1 aliphatic heterocycles. The van der Waals surface area contributed by atoms with E-state index in [2.05, 4.69) is 17.3 Å². The second-order valence-electron chi connectivity index (χ2n) is 6.52. The van der Waals surface area contributed by atoms with E-state index in [-0.39, 0.29) is 0 Å². The highest BCUT2D eigenvalue weighted by atomic mass is 32.2. The molecule has 0 atom stereocenters. The number of likely N-dealkylation sites (tertiary alicyclic amines) is 1. The molecule has 1 heterocycles. The van der Waals surface area contributed by atoms with Crippen LogP contribution >= 0.6 is 0 Å². The van der Waals surface area contributed by atoms with E-state index in [9.17, 15) is 8.42 Å². The van der Waals surface area contributed by atoms with Crippen LogP contribution in [0.2, 0.25) is 0 Å². The molecule has 0 unspecified atom stereocenters. The molecule has 0 radical (unpaired) electrons. The number of hydrogen-bond donors (Lipinski definition) is 1. The number of benzene rings is 2. The number of aryl methyl sites for hydroxylation is 1. The molecule has 0 aromatic heterocycles. The summed E-state index contributed by atoms with van der Waals surface area (Å²) in [7, 11) is -1.34. The molecule has 1 aliphatic rings. The number of piperidine rings is 1. The maximum absolute atomic E-state index is 12.8. The molecule has 4 nitrogen and oxygen atoms in total. The van der Waals surface area contributed by atoms with E-state index in [1.54, 1.807) is 36.4 Å². The predicted molar refractivity (Wildman–Crippen MR) is 97.2 cm³/mol. The lowest BCUT2D eigenvalue weighted by Gasteiger charge is -2.30. The average Bonchev–Trinajstić information content (AvgIpc) is 2.59. The van der Waals surface area contributed by atoms with Gasteiger partial charge in [0.25, 0.3) is 0 Å². The van der Waals surface area contributed by atoms with Crippen molar-refractivity contribution in [3.8, 4) is 0 Å². The van der Waals surface area contributed by atoms with Gasteiger partial charge in [0.1, 0.15) is 0 Å². The highest BCUT2D eigenvalue weighted by Crippen LogP contribution is 2.27. The number of anilines is 1. The summed E-state index contributed by atoms with van der Waals surface area (Å²) in [6.45, 7) is 4.15. The van der Waals surface area contributed by atoms with Crippen LogP contribution in [0.25, 0.3) is 0 Å². The van der Waals surface area contributed by atoms with Crippen molar-refractivity contribution in [2.24, 2.45) is 0 Å². The van der Waals surface area contributed by atoms with Gasteiger partial charge in [-0.3, -0.25) is 0 Å². The first-order valence-electron chi connectivity index (χ1n) is 8.33. The molecule has 0 spiro atoms. The fourth-order valence-electron chi connectivity index (χ4n) is 3.03. The summed E-state index contributed by atoms with van der Waals surface area (Å²) in [5, 5.41) is 3.54. The molecule has 0 amide bonds. The van der Waals surface area contributed by atoms with E-state index >= 15 is 0 Å². The van der Waals surface area contributed by atoms with Crippen LogP contribution in [0.15, 0.2) is 58.3 Å². The van der Waals surface area contributed by atoms with Gasteiger partial charge in [-0.1, -0.05) is 24.3 Å². The summed E-state index contributed by atoms with van der Waals surface area (Å²) in [5.41, 5.74) is 1.99. The number of sulfone groups is 1.